The van der Waals surface area contributed by atoms with Gasteiger partial charge in [0.15, 0.2) is 11.6 Å². The molecule has 2 aromatic rings. The molecule has 0 fully saturated rings. The Morgan fingerprint density at radius 1 is 1.31 bits per heavy atom. The van der Waals surface area contributed by atoms with Gasteiger partial charge in [-0.25, -0.2) is 15.0 Å². The molecule has 0 bridgehead atoms. The lowest BCUT2D eigenvalue weighted by atomic mass is 10.5. The minimum Gasteiger partial charge on any atom is -0.331 e. The Labute approximate surface area is 80.2 Å². The molecule has 0 aliphatic rings. The molecule has 0 radical (unpaired) electrons. The molecule has 0 saturated carbocycles. The molecule has 5 heteroatoms. The van der Waals surface area contributed by atoms with E-state index in [2.05, 4.69) is 15.0 Å². The van der Waals surface area contributed by atoms with Gasteiger partial charge in [-0.1, -0.05) is 11.6 Å². The number of rotatable bonds is 1. The molecule has 2 aromatic heterocycles. The second kappa shape index (κ2) is 3.14. The maximum atomic E-state index is 5.73. The van der Waals surface area contributed by atoms with Crippen LogP contribution >= 0.6 is 11.6 Å². The average molecular weight is 195 g/mol. The number of hydrogen-bond acceptors (Lipinski definition) is 3. The van der Waals surface area contributed by atoms with Gasteiger partial charge in [-0.2, -0.15) is 0 Å². The first-order chi connectivity index (χ1) is 6.27. The summed E-state index contributed by atoms with van der Waals surface area (Å²) in [5.74, 6) is 1.25. The van der Waals surface area contributed by atoms with Crippen LogP contribution in [0.3, 0.4) is 0 Å². The van der Waals surface area contributed by atoms with Gasteiger partial charge in [-0.3, -0.25) is 0 Å². The summed E-state index contributed by atoms with van der Waals surface area (Å²) in [6.07, 6.45) is 5.14. The molecule has 2 rings (SSSR count). The summed E-state index contributed by atoms with van der Waals surface area (Å²) < 4.78 is 1.84. The van der Waals surface area contributed by atoms with Crippen LogP contribution in [-0.4, -0.2) is 19.5 Å². The van der Waals surface area contributed by atoms with Crippen molar-refractivity contribution in [2.24, 2.45) is 7.05 Å². The molecule has 2 heterocycles. The number of hydrogen-bond donors (Lipinski definition) is 0. The Kier molecular flexibility index (Phi) is 1.98. The third-order valence-corrected chi connectivity index (χ3v) is 1.85. The smallest absolute Gasteiger partial charge is 0.197 e. The predicted octanol–water partition coefficient (Wildman–Crippen LogP) is 1.53. The first-order valence-corrected chi connectivity index (χ1v) is 4.11. The normalized spacial score (nSPS) is 10.3. The van der Waals surface area contributed by atoms with Gasteiger partial charge < -0.3 is 4.57 Å². The van der Waals surface area contributed by atoms with E-state index in [4.69, 9.17) is 11.6 Å². The van der Waals surface area contributed by atoms with E-state index in [1.54, 1.807) is 18.5 Å². The molecule has 0 unspecified atom stereocenters. The van der Waals surface area contributed by atoms with Crippen LogP contribution in [-0.2, 0) is 7.05 Å². The fraction of sp³-hybridized carbons (Fsp3) is 0.125. The zero-order valence-corrected chi connectivity index (χ0v) is 7.73. The molecule has 0 spiro atoms. The van der Waals surface area contributed by atoms with Crippen LogP contribution in [0, 0.1) is 0 Å². The van der Waals surface area contributed by atoms with Gasteiger partial charge in [-0.05, 0) is 6.07 Å². The van der Waals surface area contributed by atoms with Gasteiger partial charge in [0.2, 0.25) is 0 Å². The van der Waals surface area contributed by atoms with Crippen molar-refractivity contribution < 1.29 is 0 Å². The molecule has 0 amide bonds. The Balaban J connectivity index is 2.53. The van der Waals surface area contributed by atoms with Gasteiger partial charge in [-0.15, -0.1) is 0 Å². The van der Waals surface area contributed by atoms with E-state index in [9.17, 15) is 0 Å². The monoisotopic (exact) mass is 194 g/mol. The fourth-order valence-corrected chi connectivity index (χ4v) is 1.16. The van der Waals surface area contributed by atoms with Crippen molar-refractivity contribution >= 4 is 11.6 Å². The molecular formula is C8H7ClN4. The highest BCUT2D eigenvalue weighted by Crippen LogP contribution is 2.12. The van der Waals surface area contributed by atoms with E-state index in [0.29, 0.717) is 16.8 Å². The van der Waals surface area contributed by atoms with Crippen molar-refractivity contribution in [1.29, 1.82) is 0 Å². The molecule has 0 aliphatic carbocycles. The molecule has 0 N–H and O–H groups in total. The van der Waals surface area contributed by atoms with Gasteiger partial charge in [0.1, 0.15) is 5.15 Å². The second-order valence-electron chi connectivity index (χ2n) is 2.56. The summed E-state index contributed by atoms with van der Waals surface area (Å²) in [7, 11) is 1.88. The highest BCUT2D eigenvalue weighted by molar-refractivity contribution is 6.29. The molecule has 66 valence electrons. The zero-order chi connectivity index (χ0) is 9.26. The molecule has 0 atom stereocenters. The molecule has 0 aromatic carbocycles. The lowest BCUT2D eigenvalue weighted by molar-refractivity contribution is 0.906. The summed E-state index contributed by atoms with van der Waals surface area (Å²) in [5, 5.41) is 0.424. The predicted molar refractivity (Wildman–Crippen MR) is 49.2 cm³/mol. The summed E-state index contributed by atoms with van der Waals surface area (Å²) in [5.41, 5.74) is 0. The summed E-state index contributed by atoms with van der Waals surface area (Å²) in [6, 6.07) is 1.63. The van der Waals surface area contributed by atoms with Crippen molar-refractivity contribution in [1.82, 2.24) is 19.5 Å². The second-order valence-corrected chi connectivity index (χ2v) is 2.95. The van der Waals surface area contributed by atoms with Gasteiger partial charge in [0, 0.05) is 25.6 Å². The van der Waals surface area contributed by atoms with Crippen LogP contribution in [0.4, 0.5) is 0 Å². The topological polar surface area (TPSA) is 43.6 Å². The highest BCUT2D eigenvalue weighted by atomic mass is 35.5. The van der Waals surface area contributed by atoms with Crippen LogP contribution in [0.1, 0.15) is 0 Å². The Bertz CT molecular complexity index is 424. The van der Waals surface area contributed by atoms with Crippen molar-refractivity contribution in [3.05, 3.63) is 29.8 Å². The van der Waals surface area contributed by atoms with E-state index in [0.717, 1.165) is 0 Å². The number of halogens is 1. The Morgan fingerprint density at radius 2 is 2.15 bits per heavy atom. The third kappa shape index (κ3) is 1.53. The molecule has 0 saturated heterocycles. The summed E-state index contributed by atoms with van der Waals surface area (Å²) >= 11 is 5.73. The zero-order valence-electron chi connectivity index (χ0n) is 6.98. The molecular weight excluding hydrogens is 188 g/mol. The number of imidazole rings is 1. The summed E-state index contributed by atoms with van der Waals surface area (Å²) in [6.45, 7) is 0. The van der Waals surface area contributed by atoms with Gasteiger partial charge in [0.05, 0.1) is 0 Å². The van der Waals surface area contributed by atoms with E-state index >= 15 is 0 Å². The van der Waals surface area contributed by atoms with Crippen LogP contribution in [0.5, 0.6) is 0 Å². The number of nitrogens with zero attached hydrogens (tertiary/aromatic N) is 4. The average Bonchev–Trinajstić information content (AvgIpc) is 2.51. The Hall–Kier alpha value is -1.42. The van der Waals surface area contributed by atoms with Crippen LogP contribution < -0.4 is 0 Å². The van der Waals surface area contributed by atoms with Gasteiger partial charge >= 0.3 is 0 Å². The van der Waals surface area contributed by atoms with Crippen molar-refractivity contribution in [2.45, 2.75) is 0 Å². The van der Waals surface area contributed by atoms with E-state index < -0.39 is 0 Å². The SMILES string of the molecule is Cn1ccnc1-c1nccc(Cl)n1. The lowest BCUT2D eigenvalue weighted by Gasteiger charge is -1.98. The fourth-order valence-electron chi connectivity index (χ4n) is 1.03. The van der Waals surface area contributed by atoms with E-state index in [-0.39, 0.29) is 0 Å². The Morgan fingerprint density at radius 3 is 2.77 bits per heavy atom. The van der Waals surface area contributed by atoms with Gasteiger partial charge in [0.25, 0.3) is 0 Å². The van der Waals surface area contributed by atoms with E-state index in [1.807, 2.05) is 17.8 Å². The first-order valence-electron chi connectivity index (χ1n) is 3.73. The van der Waals surface area contributed by atoms with Crippen molar-refractivity contribution in [3.63, 3.8) is 0 Å². The van der Waals surface area contributed by atoms with Crippen LogP contribution in [0.25, 0.3) is 11.6 Å². The van der Waals surface area contributed by atoms with Crippen molar-refractivity contribution in [2.75, 3.05) is 0 Å². The standard InChI is InChI=1S/C8H7ClN4/c1-13-5-4-11-8(13)7-10-3-2-6(9)12-7/h2-5H,1H3. The van der Waals surface area contributed by atoms with Crippen LogP contribution in [0.15, 0.2) is 24.7 Å². The number of aryl methyl sites for hydroxylation is 1. The minimum absolute atomic E-state index is 0.424. The number of aromatic nitrogens is 4. The largest absolute Gasteiger partial charge is 0.331 e. The maximum Gasteiger partial charge on any atom is 0.197 e. The first kappa shape index (κ1) is 8.19. The minimum atomic E-state index is 0.424. The van der Waals surface area contributed by atoms with Crippen molar-refractivity contribution in [3.8, 4) is 11.6 Å². The molecule has 13 heavy (non-hydrogen) atoms. The maximum absolute atomic E-state index is 5.73. The molecule has 4 nitrogen and oxygen atoms in total. The third-order valence-electron chi connectivity index (χ3n) is 1.64. The van der Waals surface area contributed by atoms with E-state index in [1.165, 1.54) is 0 Å². The lowest BCUT2D eigenvalue weighted by Crippen LogP contribution is -1.96. The quantitative estimate of drug-likeness (QED) is 0.647. The van der Waals surface area contributed by atoms with Crippen LogP contribution in [0.2, 0.25) is 5.15 Å². The molecule has 0 aliphatic heterocycles. The highest BCUT2D eigenvalue weighted by Gasteiger charge is 2.05. The summed E-state index contributed by atoms with van der Waals surface area (Å²) in [4.78, 5) is 12.2.